The van der Waals surface area contributed by atoms with Gasteiger partial charge in [-0.2, -0.15) is 0 Å². The van der Waals surface area contributed by atoms with Gasteiger partial charge in [-0.1, -0.05) is 33.1 Å². The topological polar surface area (TPSA) is 46.2 Å². The van der Waals surface area contributed by atoms with Crippen LogP contribution in [0.3, 0.4) is 0 Å². The zero-order chi connectivity index (χ0) is 11.0. The number of carbonyl (C=O) groups excluding carboxylic acids is 2. The minimum atomic E-state index is -0.0752. The van der Waals surface area contributed by atoms with E-state index in [0.29, 0.717) is 24.2 Å². The van der Waals surface area contributed by atoms with Crippen LogP contribution < -0.4 is 5.32 Å². The summed E-state index contributed by atoms with van der Waals surface area (Å²) in [6, 6.07) is 0. The molecule has 2 rings (SSSR count). The molecule has 0 radical (unpaired) electrons. The summed E-state index contributed by atoms with van der Waals surface area (Å²) in [6.45, 7) is 4.15. The third-order valence-corrected chi connectivity index (χ3v) is 3.92. The Morgan fingerprint density at radius 1 is 1.27 bits per heavy atom. The summed E-state index contributed by atoms with van der Waals surface area (Å²) < 4.78 is 0. The summed E-state index contributed by atoms with van der Waals surface area (Å²) in [6.07, 6.45) is 4.23. The molecule has 15 heavy (non-hydrogen) atoms. The van der Waals surface area contributed by atoms with E-state index in [0.717, 1.165) is 0 Å². The lowest BCUT2D eigenvalue weighted by Gasteiger charge is -2.41. The maximum Gasteiger partial charge on any atom is 0.230 e. The van der Waals surface area contributed by atoms with Gasteiger partial charge in [0.25, 0.3) is 0 Å². The number of amides is 2. The van der Waals surface area contributed by atoms with Crippen LogP contribution >= 0.6 is 0 Å². The number of imide groups is 1. The Hall–Kier alpha value is -0.860. The molecule has 1 N–H and O–H groups in total. The van der Waals surface area contributed by atoms with Gasteiger partial charge in [-0.25, -0.2) is 0 Å². The van der Waals surface area contributed by atoms with Crippen molar-refractivity contribution in [3.8, 4) is 0 Å². The first-order valence-electron chi connectivity index (χ1n) is 5.93. The van der Waals surface area contributed by atoms with Crippen molar-refractivity contribution in [2.45, 2.75) is 39.5 Å². The second-order valence-corrected chi connectivity index (χ2v) is 5.24. The molecule has 0 spiro atoms. The van der Waals surface area contributed by atoms with Gasteiger partial charge in [0, 0.05) is 12.3 Å². The second-order valence-electron chi connectivity index (χ2n) is 5.24. The lowest BCUT2D eigenvalue weighted by atomic mass is 9.65. The number of hydrogen-bond acceptors (Lipinski definition) is 2. The Kier molecular flexibility index (Phi) is 2.81. The van der Waals surface area contributed by atoms with Gasteiger partial charge in [-0.3, -0.25) is 14.9 Å². The molecule has 2 atom stereocenters. The molecule has 2 fully saturated rings. The summed E-state index contributed by atoms with van der Waals surface area (Å²) in [5.41, 5.74) is 0. The maximum absolute atomic E-state index is 11.8. The molecule has 1 saturated carbocycles. The summed E-state index contributed by atoms with van der Waals surface area (Å²) in [4.78, 5) is 23.1. The number of hydrogen-bond donors (Lipinski definition) is 1. The maximum atomic E-state index is 11.8. The Morgan fingerprint density at radius 3 is 2.40 bits per heavy atom. The fraction of sp³-hybridized carbons (Fsp3) is 0.833. The number of rotatable bonds is 2. The molecule has 84 valence electrons. The third-order valence-electron chi connectivity index (χ3n) is 3.92. The quantitative estimate of drug-likeness (QED) is 0.704. The Labute approximate surface area is 90.6 Å². The number of nitrogens with one attached hydrogen (secondary N) is 1. The highest BCUT2D eigenvalue weighted by Crippen LogP contribution is 2.42. The first-order chi connectivity index (χ1) is 7.09. The average Bonchev–Trinajstić information content (AvgIpc) is 1.97. The summed E-state index contributed by atoms with van der Waals surface area (Å²) in [5, 5.41) is 2.47. The van der Waals surface area contributed by atoms with Gasteiger partial charge in [0.05, 0.1) is 0 Å². The van der Waals surface area contributed by atoms with Crippen LogP contribution in [0.15, 0.2) is 0 Å². The van der Waals surface area contributed by atoms with E-state index in [1.807, 2.05) is 0 Å². The standard InChI is InChI=1S/C12H19NO2/c1-7(2)11-9(8-4-3-5-8)6-10(14)13-12(11)15/h7-9,11H,3-6H2,1-2H3,(H,13,14,15). The molecule has 1 saturated heterocycles. The smallest absolute Gasteiger partial charge is 0.230 e. The van der Waals surface area contributed by atoms with E-state index in [9.17, 15) is 9.59 Å². The van der Waals surface area contributed by atoms with Crippen LogP contribution in [0.2, 0.25) is 0 Å². The number of carbonyl (C=O) groups is 2. The minimum Gasteiger partial charge on any atom is -0.296 e. The monoisotopic (exact) mass is 209 g/mol. The fourth-order valence-electron chi connectivity index (χ4n) is 2.93. The molecule has 2 aliphatic rings. The van der Waals surface area contributed by atoms with E-state index >= 15 is 0 Å². The van der Waals surface area contributed by atoms with Crippen molar-refractivity contribution >= 4 is 11.8 Å². The highest BCUT2D eigenvalue weighted by molar-refractivity contribution is 5.99. The minimum absolute atomic E-state index is 0.0434. The molecular weight excluding hydrogens is 190 g/mol. The first kappa shape index (κ1) is 10.7. The Morgan fingerprint density at radius 2 is 1.93 bits per heavy atom. The molecular formula is C12H19NO2. The van der Waals surface area contributed by atoms with Crippen molar-refractivity contribution in [3.63, 3.8) is 0 Å². The van der Waals surface area contributed by atoms with Crippen molar-refractivity contribution in [2.24, 2.45) is 23.7 Å². The van der Waals surface area contributed by atoms with Crippen molar-refractivity contribution in [1.82, 2.24) is 5.32 Å². The van der Waals surface area contributed by atoms with Crippen molar-refractivity contribution in [2.75, 3.05) is 0 Å². The molecule has 3 nitrogen and oxygen atoms in total. The van der Waals surface area contributed by atoms with E-state index in [-0.39, 0.29) is 17.7 Å². The summed E-state index contributed by atoms with van der Waals surface area (Å²) >= 11 is 0. The highest BCUT2D eigenvalue weighted by Gasteiger charge is 2.43. The van der Waals surface area contributed by atoms with Gasteiger partial charge in [0.15, 0.2) is 0 Å². The molecule has 0 aromatic rings. The summed E-state index contributed by atoms with van der Waals surface area (Å²) in [5.74, 6) is 1.19. The van der Waals surface area contributed by atoms with Gasteiger partial charge in [0.1, 0.15) is 0 Å². The molecule has 0 bridgehead atoms. The normalized spacial score (nSPS) is 32.7. The SMILES string of the molecule is CC(C)C1C(=O)NC(=O)CC1C1CCC1. The van der Waals surface area contributed by atoms with Crippen LogP contribution in [0.1, 0.15) is 39.5 Å². The van der Waals surface area contributed by atoms with Crippen LogP contribution in [-0.2, 0) is 9.59 Å². The van der Waals surface area contributed by atoms with Gasteiger partial charge >= 0.3 is 0 Å². The molecule has 0 aromatic heterocycles. The third kappa shape index (κ3) is 1.92. The predicted molar refractivity (Wildman–Crippen MR) is 56.9 cm³/mol. The van der Waals surface area contributed by atoms with Crippen molar-refractivity contribution in [1.29, 1.82) is 0 Å². The largest absolute Gasteiger partial charge is 0.296 e. The number of piperidine rings is 1. The summed E-state index contributed by atoms with van der Waals surface area (Å²) in [7, 11) is 0. The molecule has 2 unspecified atom stereocenters. The molecule has 0 aromatic carbocycles. The first-order valence-corrected chi connectivity index (χ1v) is 5.93. The Bertz CT molecular complexity index is 281. The zero-order valence-electron chi connectivity index (χ0n) is 9.45. The van der Waals surface area contributed by atoms with Gasteiger partial charge < -0.3 is 0 Å². The molecule has 2 amide bonds. The van der Waals surface area contributed by atoms with E-state index < -0.39 is 0 Å². The van der Waals surface area contributed by atoms with Gasteiger partial charge in [-0.15, -0.1) is 0 Å². The highest BCUT2D eigenvalue weighted by atomic mass is 16.2. The Balaban J connectivity index is 2.14. The zero-order valence-corrected chi connectivity index (χ0v) is 9.45. The van der Waals surface area contributed by atoms with Crippen LogP contribution in [0, 0.1) is 23.7 Å². The molecule has 1 aliphatic heterocycles. The van der Waals surface area contributed by atoms with Crippen LogP contribution in [-0.4, -0.2) is 11.8 Å². The van der Waals surface area contributed by atoms with Gasteiger partial charge in [0.2, 0.25) is 11.8 Å². The van der Waals surface area contributed by atoms with Crippen molar-refractivity contribution < 1.29 is 9.59 Å². The van der Waals surface area contributed by atoms with Crippen LogP contribution in [0.25, 0.3) is 0 Å². The van der Waals surface area contributed by atoms with Crippen LogP contribution in [0.5, 0.6) is 0 Å². The van der Waals surface area contributed by atoms with E-state index in [2.05, 4.69) is 19.2 Å². The molecule has 1 heterocycles. The van der Waals surface area contributed by atoms with Crippen molar-refractivity contribution in [3.05, 3.63) is 0 Å². The van der Waals surface area contributed by atoms with E-state index in [1.54, 1.807) is 0 Å². The average molecular weight is 209 g/mol. The predicted octanol–water partition coefficient (Wildman–Crippen LogP) is 1.72. The molecule has 1 aliphatic carbocycles. The molecule has 3 heteroatoms. The van der Waals surface area contributed by atoms with Crippen LogP contribution in [0.4, 0.5) is 0 Å². The second kappa shape index (κ2) is 3.95. The fourth-order valence-corrected chi connectivity index (χ4v) is 2.93. The van der Waals surface area contributed by atoms with E-state index in [1.165, 1.54) is 19.3 Å². The van der Waals surface area contributed by atoms with E-state index in [4.69, 9.17) is 0 Å². The lowest BCUT2D eigenvalue weighted by molar-refractivity contribution is -0.142. The van der Waals surface area contributed by atoms with Gasteiger partial charge in [-0.05, 0) is 17.8 Å². The lowest BCUT2D eigenvalue weighted by Crippen LogP contribution is -2.50.